The maximum Gasteiger partial charge on any atom is 0.0979 e. The number of aromatic nitrogens is 2. The van der Waals surface area contributed by atoms with Gasteiger partial charge in [0.2, 0.25) is 0 Å². The van der Waals surface area contributed by atoms with Crippen molar-refractivity contribution in [3.8, 4) is 33.6 Å². The van der Waals surface area contributed by atoms with E-state index >= 15 is 0 Å². The topological polar surface area (TPSA) is 25.8 Å². The van der Waals surface area contributed by atoms with E-state index in [1.54, 1.807) is 0 Å². The molecule has 0 spiro atoms. The van der Waals surface area contributed by atoms with Crippen molar-refractivity contribution >= 4 is 53.3 Å². The highest BCUT2D eigenvalue weighted by atomic mass is 32.1. The molecule has 0 radical (unpaired) electrons. The standard InChI is InChI=1S/C36H22N2S/c1-2-11-24(12-3-1)35-36(38-30-19-8-7-18-29(30)37-35)27-15-5-4-14-25(27)26-17-10-13-23-21-22-32-34(33(23)26)28-16-6-9-20-31(28)39-32/h1-22H. The zero-order chi connectivity index (χ0) is 25.8. The summed E-state index contributed by atoms with van der Waals surface area (Å²) in [6.07, 6.45) is 0. The van der Waals surface area contributed by atoms with E-state index in [1.165, 1.54) is 36.5 Å². The van der Waals surface area contributed by atoms with Gasteiger partial charge in [0.15, 0.2) is 0 Å². The number of rotatable bonds is 3. The van der Waals surface area contributed by atoms with Crippen molar-refractivity contribution in [2.24, 2.45) is 0 Å². The van der Waals surface area contributed by atoms with Crippen LogP contribution in [0.1, 0.15) is 0 Å². The third-order valence-corrected chi connectivity index (χ3v) is 8.61. The fourth-order valence-corrected chi connectivity index (χ4v) is 6.84. The van der Waals surface area contributed by atoms with Gasteiger partial charge in [-0.1, -0.05) is 109 Å². The Labute approximate surface area is 229 Å². The third kappa shape index (κ3) is 3.55. The molecule has 0 saturated heterocycles. The van der Waals surface area contributed by atoms with Gasteiger partial charge in [0.1, 0.15) is 0 Å². The van der Waals surface area contributed by atoms with Gasteiger partial charge >= 0.3 is 0 Å². The quantitative estimate of drug-likeness (QED) is 0.234. The lowest BCUT2D eigenvalue weighted by molar-refractivity contribution is 1.29. The van der Waals surface area contributed by atoms with Gasteiger partial charge in [-0.05, 0) is 46.2 Å². The summed E-state index contributed by atoms with van der Waals surface area (Å²) >= 11 is 1.86. The summed E-state index contributed by atoms with van der Waals surface area (Å²) in [5.74, 6) is 0. The molecule has 0 unspecified atom stereocenters. The molecule has 0 aliphatic rings. The van der Waals surface area contributed by atoms with Crippen LogP contribution >= 0.6 is 11.3 Å². The minimum absolute atomic E-state index is 0.895. The van der Waals surface area contributed by atoms with Crippen molar-refractivity contribution in [2.45, 2.75) is 0 Å². The summed E-state index contributed by atoms with van der Waals surface area (Å²) in [7, 11) is 0. The van der Waals surface area contributed by atoms with Crippen LogP contribution in [-0.2, 0) is 0 Å². The Morgan fingerprint density at radius 3 is 1.92 bits per heavy atom. The first-order chi connectivity index (χ1) is 19.3. The van der Waals surface area contributed by atoms with Crippen molar-refractivity contribution in [3.63, 3.8) is 0 Å². The van der Waals surface area contributed by atoms with Gasteiger partial charge in [-0.2, -0.15) is 0 Å². The number of hydrogen-bond acceptors (Lipinski definition) is 3. The summed E-state index contributed by atoms with van der Waals surface area (Å²) in [5.41, 5.74) is 8.10. The molecular formula is C36H22N2S. The van der Waals surface area contributed by atoms with E-state index in [0.717, 1.165) is 39.1 Å². The van der Waals surface area contributed by atoms with E-state index in [2.05, 4.69) is 103 Å². The van der Waals surface area contributed by atoms with Crippen molar-refractivity contribution in [3.05, 3.63) is 133 Å². The molecule has 6 aromatic carbocycles. The molecule has 0 saturated carbocycles. The molecule has 2 aromatic heterocycles. The van der Waals surface area contributed by atoms with Crippen LogP contribution in [0.25, 0.3) is 75.6 Å². The van der Waals surface area contributed by atoms with Gasteiger partial charge in [-0.15, -0.1) is 11.3 Å². The van der Waals surface area contributed by atoms with Crippen LogP contribution in [-0.4, -0.2) is 9.97 Å². The minimum Gasteiger partial charge on any atom is -0.244 e. The third-order valence-electron chi connectivity index (χ3n) is 7.47. The van der Waals surface area contributed by atoms with Gasteiger partial charge in [0, 0.05) is 31.3 Å². The van der Waals surface area contributed by atoms with Gasteiger partial charge < -0.3 is 0 Å². The molecule has 3 heteroatoms. The monoisotopic (exact) mass is 514 g/mol. The fraction of sp³-hybridized carbons (Fsp3) is 0. The highest BCUT2D eigenvalue weighted by Crippen LogP contribution is 2.44. The zero-order valence-corrected chi connectivity index (χ0v) is 21.8. The molecule has 182 valence electrons. The first-order valence-electron chi connectivity index (χ1n) is 13.1. The first kappa shape index (κ1) is 22.2. The van der Waals surface area contributed by atoms with Gasteiger partial charge in [0.05, 0.1) is 22.4 Å². The number of thiophene rings is 1. The molecule has 0 fully saturated rings. The maximum absolute atomic E-state index is 5.23. The average molecular weight is 515 g/mol. The van der Waals surface area contributed by atoms with Crippen molar-refractivity contribution in [1.29, 1.82) is 0 Å². The fourth-order valence-electron chi connectivity index (χ4n) is 5.73. The summed E-state index contributed by atoms with van der Waals surface area (Å²) in [6, 6.07) is 47.0. The van der Waals surface area contributed by atoms with Crippen LogP contribution in [0.15, 0.2) is 133 Å². The van der Waals surface area contributed by atoms with Gasteiger partial charge in [-0.3, -0.25) is 0 Å². The Hall–Kier alpha value is -4.86. The number of hydrogen-bond donors (Lipinski definition) is 0. The largest absolute Gasteiger partial charge is 0.244 e. The SMILES string of the molecule is c1ccc(-c2nc3ccccc3nc2-c2ccccc2-c2cccc3ccc4sc5ccccc5c4c23)cc1. The smallest absolute Gasteiger partial charge is 0.0979 e. The Morgan fingerprint density at radius 2 is 1.08 bits per heavy atom. The van der Waals surface area contributed by atoms with Crippen LogP contribution < -0.4 is 0 Å². The lowest BCUT2D eigenvalue weighted by Gasteiger charge is -2.16. The van der Waals surface area contributed by atoms with Crippen LogP contribution in [0, 0.1) is 0 Å². The molecule has 0 bridgehead atoms. The van der Waals surface area contributed by atoms with E-state index in [0.29, 0.717) is 0 Å². The average Bonchev–Trinajstić information content (AvgIpc) is 3.40. The number of nitrogens with zero attached hydrogens (tertiary/aromatic N) is 2. The Bertz CT molecular complexity index is 2180. The molecule has 8 rings (SSSR count). The second-order valence-corrected chi connectivity index (χ2v) is 10.8. The summed E-state index contributed by atoms with van der Waals surface area (Å²) in [6.45, 7) is 0. The van der Waals surface area contributed by atoms with E-state index in [1.807, 2.05) is 41.7 Å². The van der Waals surface area contributed by atoms with Crippen LogP contribution in [0.5, 0.6) is 0 Å². The molecule has 0 aliphatic carbocycles. The molecular weight excluding hydrogens is 492 g/mol. The molecule has 2 nitrogen and oxygen atoms in total. The molecule has 0 amide bonds. The molecule has 0 N–H and O–H groups in total. The van der Waals surface area contributed by atoms with Crippen LogP contribution in [0.3, 0.4) is 0 Å². The molecule has 0 aliphatic heterocycles. The second kappa shape index (κ2) is 8.87. The lowest BCUT2D eigenvalue weighted by Crippen LogP contribution is -1.97. The number of para-hydroxylation sites is 2. The van der Waals surface area contributed by atoms with Gasteiger partial charge in [-0.25, -0.2) is 9.97 Å². The Morgan fingerprint density at radius 1 is 0.410 bits per heavy atom. The van der Waals surface area contributed by atoms with Crippen molar-refractivity contribution in [1.82, 2.24) is 9.97 Å². The molecule has 39 heavy (non-hydrogen) atoms. The highest BCUT2D eigenvalue weighted by Gasteiger charge is 2.19. The highest BCUT2D eigenvalue weighted by molar-refractivity contribution is 7.26. The Kier molecular flexibility index (Phi) is 5.04. The maximum atomic E-state index is 5.23. The van der Waals surface area contributed by atoms with E-state index in [4.69, 9.17) is 9.97 Å². The first-order valence-corrected chi connectivity index (χ1v) is 13.9. The summed E-state index contributed by atoms with van der Waals surface area (Å²) in [5, 5.41) is 5.16. The normalized spacial score (nSPS) is 11.6. The predicted octanol–water partition coefficient (Wildman–Crippen LogP) is 10.2. The van der Waals surface area contributed by atoms with E-state index in [9.17, 15) is 0 Å². The van der Waals surface area contributed by atoms with Crippen LogP contribution in [0.2, 0.25) is 0 Å². The van der Waals surface area contributed by atoms with E-state index in [-0.39, 0.29) is 0 Å². The Balaban J connectivity index is 1.48. The van der Waals surface area contributed by atoms with Crippen LogP contribution in [0.4, 0.5) is 0 Å². The lowest BCUT2D eigenvalue weighted by atomic mass is 9.90. The predicted molar refractivity (Wildman–Crippen MR) is 166 cm³/mol. The zero-order valence-electron chi connectivity index (χ0n) is 21.0. The van der Waals surface area contributed by atoms with E-state index < -0.39 is 0 Å². The molecule has 0 atom stereocenters. The van der Waals surface area contributed by atoms with Crippen molar-refractivity contribution < 1.29 is 0 Å². The summed E-state index contributed by atoms with van der Waals surface area (Å²) < 4.78 is 2.62. The number of fused-ring (bicyclic) bond motifs is 6. The second-order valence-electron chi connectivity index (χ2n) is 9.76. The summed E-state index contributed by atoms with van der Waals surface area (Å²) in [4.78, 5) is 10.4. The van der Waals surface area contributed by atoms with Gasteiger partial charge in [0.25, 0.3) is 0 Å². The molecule has 8 aromatic rings. The van der Waals surface area contributed by atoms with Crippen molar-refractivity contribution in [2.75, 3.05) is 0 Å². The number of benzene rings is 6. The minimum atomic E-state index is 0.895. The molecule has 2 heterocycles.